The molecule has 0 aromatic rings. The van der Waals surface area contributed by atoms with Gasteiger partial charge in [-0.05, 0) is 44.4 Å². The average Bonchev–Trinajstić information content (AvgIpc) is 3.02. The molecule has 0 unspecified atom stereocenters. The van der Waals surface area contributed by atoms with Gasteiger partial charge in [-0.2, -0.15) is 0 Å². The molecule has 0 aromatic heterocycles. The highest BCUT2D eigenvalue weighted by atomic mass is 16.2. The second-order valence-electron chi connectivity index (χ2n) is 5.22. The smallest absolute Gasteiger partial charge is 0.222 e. The third-order valence-corrected chi connectivity index (χ3v) is 3.84. The number of carbonyl (C=O) groups is 1. The van der Waals surface area contributed by atoms with Crippen LogP contribution in [-0.2, 0) is 4.79 Å². The molecule has 0 aromatic carbocycles. The Morgan fingerprint density at radius 3 is 2.33 bits per heavy atom. The van der Waals surface area contributed by atoms with E-state index in [2.05, 4.69) is 0 Å². The molecule has 2 rings (SSSR count). The molecule has 3 nitrogen and oxygen atoms in total. The molecule has 86 valence electrons. The zero-order chi connectivity index (χ0) is 10.8. The summed E-state index contributed by atoms with van der Waals surface area (Å²) in [5, 5.41) is 0. The van der Waals surface area contributed by atoms with Gasteiger partial charge in [0, 0.05) is 25.6 Å². The Morgan fingerprint density at radius 2 is 1.80 bits per heavy atom. The van der Waals surface area contributed by atoms with Crippen LogP contribution >= 0.6 is 0 Å². The van der Waals surface area contributed by atoms with Crippen molar-refractivity contribution in [2.75, 3.05) is 7.05 Å². The van der Waals surface area contributed by atoms with Crippen LogP contribution in [0.2, 0.25) is 0 Å². The lowest BCUT2D eigenvalue weighted by Gasteiger charge is -2.33. The van der Waals surface area contributed by atoms with E-state index in [1.54, 1.807) is 0 Å². The zero-order valence-electron chi connectivity index (χ0n) is 9.61. The third-order valence-electron chi connectivity index (χ3n) is 3.84. The quantitative estimate of drug-likeness (QED) is 0.767. The minimum absolute atomic E-state index is 0.345. The van der Waals surface area contributed by atoms with Gasteiger partial charge in [0.1, 0.15) is 0 Å². The van der Waals surface area contributed by atoms with Gasteiger partial charge in [-0.25, -0.2) is 0 Å². The van der Waals surface area contributed by atoms with E-state index in [4.69, 9.17) is 5.73 Å². The van der Waals surface area contributed by atoms with Crippen molar-refractivity contribution in [3.63, 3.8) is 0 Å². The summed E-state index contributed by atoms with van der Waals surface area (Å²) in [5.74, 6) is 1.05. The molecule has 2 N–H and O–H groups in total. The van der Waals surface area contributed by atoms with E-state index in [9.17, 15) is 4.79 Å². The van der Waals surface area contributed by atoms with Crippen molar-refractivity contribution >= 4 is 5.91 Å². The van der Waals surface area contributed by atoms with Crippen LogP contribution < -0.4 is 5.73 Å². The molecule has 0 heterocycles. The monoisotopic (exact) mass is 210 g/mol. The van der Waals surface area contributed by atoms with Crippen LogP contribution in [0.5, 0.6) is 0 Å². The van der Waals surface area contributed by atoms with Crippen molar-refractivity contribution in [3.05, 3.63) is 0 Å². The van der Waals surface area contributed by atoms with Crippen molar-refractivity contribution in [2.24, 2.45) is 11.7 Å². The molecule has 0 bridgehead atoms. The third kappa shape index (κ3) is 2.94. The highest BCUT2D eigenvalue weighted by molar-refractivity contribution is 5.76. The summed E-state index contributed by atoms with van der Waals surface area (Å²) in [4.78, 5) is 13.8. The first-order chi connectivity index (χ1) is 7.16. The summed E-state index contributed by atoms with van der Waals surface area (Å²) >= 11 is 0. The maximum absolute atomic E-state index is 11.9. The average molecular weight is 210 g/mol. The van der Waals surface area contributed by atoms with Gasteiger partial charge in [0.25, 0.3) is 0 Å². The molecule has 15 heavy (non-hydrogen) atoms. The Morgan fingerprint density at radius 1 is 1.20 bits per heavy atom. The molecule has 0 spiro atoms. The lowest BCUT2D eigenvalue weighted by molar-refractivity contribution is -0.133. The highest BCUT2D eigenvalue weighted by Crippen LogP contribution is 2.33. The van der Waals surface area contributed by atoms with Gasteiger partial charge in [0.05, 0.1) is 0 Å². The van der Waals surface area contributed by atoms with Crippen LogP contribution in [0.4, 0.5) is 0 Å². The van der Waals surface area contributed by atoms with E-state index in [1.165, 1.54) is 12.8 Å². The molecule has 2 aliphatic rings. The summed E-state index contributed by atoms with van der Waals surface area (Å²) in [6, 6.07) is 0.823. The van der Waals surface area contributed by atoms with E-state index < -0.39 is 0 Å². The summed E-state index contributed by atoms with van der Waals surface area (Å²) in [6.45, 7) is 0. The first-order valence-electron chi connectivity index (χ1n) is 6.18. The fraction of sp³-hybridized carbons (Fsp3) is 0.917. The van der Waals surface area contributed by atoms with Crippen molar-refractivity contribution < 1.29 is 4.79 Å². The molecule has 2 fully saturated rings. The van der Waals surface area contributed by atoms with Crippen molar-refractivity contribution in [1.82, 2.24) is 4.90 Å². The summed E-state index contributed by atoms with van der Waals surface area (Å²) < 4.78 is 0. The maximum atomic E-state index is 11.9. The number of nitrogens with two attached hydrogens (primary N) is 1. The molecule has 0 saturated heterocycles. The van der Waals surface area contributed by atoms with Gasteiger partial charge in [-0.1, -0.05) is 0 Å². The van der Waals surface area contributed by atoms with Crippen molar-refractivity contribution in [1.29, 1.82) is 0 Å². The van der Waals surface area contributed by atoms with Crippen molar-refractivity contribution in [3.8, 4) is 0 Å². The van der Waals surface area contributed by atoms with Crippen LogP contribution in [-0.4, -0.2) is 29.9 Å². The molecule has 2 saturated carbocycles. The fourth-order valence-corrected chi connectivity index (χ4v) is 2.41. The van der Waals surface area contributed by atoms with Crippen molar-refractivity contribution in [2.45, 2.75) is 57.0 Å². The lowest BCUT2D eigenvalue weighted by Crippen LogP contribution is -2.41. The SMILES string of the molecule is CN(C(=O)CC1CC1)C1CCC(N)CC1. The molecular weight excluding hydrogens is 188 g/mol. The Bertz CT molecular complexity index is 230. The van der Waals surface area contributed by atoms with Gasteiger partial charge >= 0.3 is 0 Å². The molecular formula is C12H22N2O. The molecule has 2 aliphatic carbocycles. The van der Waals surface area contributed by atoms with Gasteiger partial charge in [0.2, 0.25) is 5.91 Å². The van der Waals surface area contributed by atoms with E-state index in [1.807, 2.05) is 11.9 Å². The number of amides is 1. The van der Waals surface area contributed by atoms with E-state index >= 15 is 0 Å². The number of rotatable bonds is 3. The number of nitrogens with zero attached hydrogens (tertiary/aromatic N) is 1. The topological polar surface area (TPSA) is 46.3 Å². The highest BCUT2D eigenvalue weighted by Gasteiger charge is 2.29. The van der Waals surface area contributed by atoms with Crippen LogP contribution in [0.1, 0.15) is 44.9 Å². The van der Waals surface area contributed by atoms with Gasteiger partial charge in [-0.3, -0.25) is 4.79 Å². The second-order valence-corrected chi connectivity index (χ2v) is 5.22. The molecule has 0 aliphatic heterocycles. The Labute approximate surface area is 92.0 Å². The van der Waals surface area contributed by atoms with Gasteiger partial charge < -0.3 is 10.6 Å². The zero-order valence-corrected chi connectivity index (χ0v) is 9.61. The van der Waals surface area contributed by atoms with Gasteiger partial charge in [-0.15, -0.1) is 0 Å². The molecule has 1 amide bonds. The number of carbonyl (C=O) groups excluding carboxylic acids is 1. The van der Waals surface area contributed by atoms with Crippen LogP contribution in [0, 0.1) is 5.92 Å². The standard InChI is InChI=1S/C12H22N2O/c1-14(12(15)8-9-2-3-9)11-6-4-10(13)5-7-11/h9-11H,2-8,13H2,1H3. The van der Waals surface area contributed by atoms with E-state index in [0.29, 0.717) is 23.9 Å². The molecule has 0 atom stereocenters. The molecule has 3 heteroatoms. The summed E-state index contributed by atoms with van der Waals surface area (Å²) in [7, 11) is 1.96. The minimum atomic E-state index is 0.345. The lowest BCUT2D eigenvalue weighted by atomic mass is 9.91. The Hall–Kier alpha value is -0.570. The largest absolute Gasteiger partial charge is 0.343 e. The first kappa shape index (κ1) is 10.9. The van der Waals surface area contributed by atoms with Crippen LogP contribution in [0.3, 0.4) is 0 Å². The minimum Gasteiger partial charge on any atom is -0.343 e. The predicted octanol–water partition coefficient (Wildman–Crippen LogP) is 1.51. The second kappa shape index (κ2) is 4.52. The number of hydrogen-bond donors (Lipinski definition) is 1. The van der Waals surface area contributed by atoms with Crippen LogP contribution in [0.25, 0.3) is 0 Å². The fourth-order valence-electron chi connectivity index (χ4n) is 2.41. The van der Waals surface area contributed by atoms with E-state index in [-0.39, 0.29) is 0 Å². The predicted molar refractivity (Wildman–Crippen MR) is 60.3 cm³/mol. The summed E-state index contributed by atoms with van der Waals surface area (Å²) in [6.07, 6.45) is 7.63. The normalized spacial score (nSPS) is 31.3. The Balaban J connectivity index is 1.78. The van der Waals surface area contributed by atoms with Crippen LogP contribution in [0.15, 0.2) is 0 Å². The first-order valence-corrected chi connectivity index (χ1v) is 6.18. The van der Waals surface area contributed by atoms with E-state index in [0.717, 1.165) is 32.1 Å². The maximum Gasteiger partial charge on any atom is 0.222 e. The molecule has 0 radical (unpaired) electrons. The Kier molecular flexibility index (Phi) is 3.29. The number of hydrogen-bond acceptors (Lipinski definition) is 2. The summed E-state index contributed by atoms with van der Waals surface area (Å²) in [5.41, 5.74) is 5.86. The van der Waals surface area contributed by atoms with Gasteiger partial charge in [0.15, 0.2) is 0 Å².